The molecule has 0 heterocycles. The third kappa shape index (κ3) is 14.8. The molecule has 1 atom stereocenters. The van der Waals surface area contributed by atoms with E-state index in [1.165, 1.54) is 83.5 Å². The zero-order valence-corrected chi connectivity index (χ0v) is 16.7. The van der Waals surface area contributed by atoms with Crippen molar-refractivity contribution >= 4 is 5.97 Å². The van der Waals surface area contributed by atoms with Crippen LogP contribution in [0.4, 0.5) is 0 Å². The van der Waals surface area contributed by atoms with Crippen molar-refractivity contribution in [3.63, 3.8) is 0 Å². The number of unbranched alkanes of at least 4 members (excludes halogenated alkanes) is 11. The fourth-order valence-electron chi connectivity index (χ4n) is 3.00. The Morgan fingerprint density at radius 3 is 1.50 bits per heavy atom. The quantitative estimate of drug-likeness (QED) is 0.157. The topological polar surface area (TPSA) is 26.3 Å². The van der Waals surface area contributed by atoms with E-state index in [2.05, 4.69) is 20.4 Å². The van der Waals surface area contributed by atoms with Crippen LogP contribution in [0.5, 0.6) is 0 Å². The summed E-state index contributed by atoms with van der Waals surface area (Å²) in [5, 5.41) is 0. The maximum absolute atomic E-state index is 11.8. The molecular formula is C22H42O2. The van der Waals surface area contributed by atoms with Gasteiger partial charge in [0.2, 0.25) is 0 Å². The summed E-state index contributed by atoms with van der Waals surface area (Å²) in [4.78, 5) is 11.8. The van der Waals surface area contributed by atoms with Gasteiger partial charge >= 0.3 is 5.97 Å². The van der Waals surface area contributed by atoms with Crippen molar-refractivity contribution in [3.8, 4) is 0 Å². The monoisotopic (exact) mass is 338 g/mol. The SMILES string of the molecule is C=C(C)C(=O)OC(CCCCCCC)CCCCCCCCCC. The van der Waals surface area contributed by atoms with E-state index < -0.39 is 0 Å². The zero-order chi connectivity index (χ0) is 18.0. The largest absolute Gasteiger partial charge is 0.459 e. The van der Waals surface area contributed by atoms with Crippen molar-refractivity contribution in [2.45, 2.75) is 123 Å². The zero-order valence-electron chi connectivity index (χ0n) is 16.7. The first-order valence-corrected chi connectivity index (χ1v) is 10.5. The Morgan fingerprint density at radius 1 is 0.750 bits per heavy atom. The molecule has 142 valence electrons. The van der Waals surface area contributed by atoms with Crippen LogP contribution in [-0.2, 0) is 9.53 Å². The maximum atomic E-state index is 11.8. The van der Waals surface area contributed by atoms with Gasteiger partial charge in [0.15, 0.2) is 0 Å². The average molecular weight is 339 g/mol. The van der Waals surface area contributed by atoms with Crippen molar-refractivity contribution in [1.82, 2.24) is 0 Å². The molecule has 0 saturated carbocycles. The van der Waals surface area contributed by atoms with Gasteiger partial charge in [-0.2, -0.15) is 0 Å². The van der Waals surface area contributed by atoms with Crippen molar-refractivity contribution < 1.29 is 9.53 Å². The Hall–Kier alpha value is -0.790. The van der Waals surface area contributed by atoms with Gasteiger partial charge in [-0.3, -0.25) is 0 Å². The van der Waals surface area contributed by atoms with Crippen LogP contribution in [0.3, 0.4) is 0 Å². The lowest BCUT2D eigenvalue weighted by atomic mass is 10.0. The smallest absolute Gasteiger partial charge is 0.333 e. The molecule has 0 radical (unpaired) electrons. The third-order valence-corrected chi connectivity index (χ3v) is 4.63. The van der Waals surface area contributed by atoms with Crippen LogP contribution < -0.4 is 0 Å². The molecule has 0 fully saturated rings. The summed E-state index contributed by atoms with van der Waals surface area (Å²) in [6.07, 6.45) is 19.0. The number of carbonyl (C=O) groups excluding carboxylic acids is 1. The fraction of sp³-hybridized carbons (Fsp3) is 0.864. The predicted molar refractivity (Wildman–Crippen MR) is 105 cm³/mol. The number of hydrogen-bond donors (Lipinski definition) is 0. The Kier molecular flexibility index (Phi) is 16.5. The minimum absolute atomic E-state index is 0.0934. The van der Waals surface area contributed by atoms with Crippen LogP contribution >= 0.6 is 0 Å². The second kappa shape index (κ2) is 17.0. The molecule has 0 aliphatic rings. The van der Waals surface area contributed by atoms with Crippen LogP contribution in [0.25, 0.3) is 0 Å². The van der Waals surface area contributed by atoms with Crippen LogP contribution in [0, 0.1) is 0 Å². The van der Waals surface area contributed by atoms with Gasteiger partial charge in [-0.15, -0.1) is 0 Å². The van der Waals surface area contributed by atoms with Gasteiger partial charge in [-0.1, -0.05) is 91.1 Å². The van der Waals surface area contributed by atoms with Gasteiger partial charge in [0.25, 0.3) is 0 Å². The molecule has 0 spiro atoms. The molecule has 0 aliphatic carbocycles. The van der Waals surface area contributed by atoms with Gasteiger partial charge in [0, 0.05) is 5.57 Å². The Morgan fingerprint density at radius 2 is 1.12 bits per heavy atom. The molecule has 0 aliphatic heterocycles. The highest BCUT2D eigenvalue weighted by molar-refractivity contribution is 5.87. The molecule has 0 saturated heterocycles. The standard InChI is InChI=1S/C22H42O2/c1-5-7-9-11-12-13-15-17-19-21(24-22(23)20(3)4)18-16-14-10-8-6-2/h21H,3,5-19H2,1-2,4H3. The van der Waals surface area contributed by atoms with E-state index in [0.717, 1.165) is 12.8 Å². The molecule has 0 N–H and O–H groups in total. The highest BCUT2D eigenvalue weighted by atomic mass is 16.5. The van der Waals surface area contributed by atoms with Crippen LogP contribution in [-0.4, -0.2) is 12.1 Å². The van der Waals surface area contributed by atoms with Crippen molar-refractivity contribution in [2.24, 2.45) is 0 Å². The average Bonchev–Trinajstić information content (AvgIpc) is 2.56. The molecule has 24 heavy (non-hydrogen) atoms. The van der Waals surface area contributed by atoms with Crippen molar-refractivity contribution in [2.75, 3.05) is 0 Å². The molecular weight excluding hydrogens is 296 g/mol. The molecule has 0 aromatic heterocycles. The minimum Gasteiger partial charge on any atom is -0.459 e. The van der Waals surface area contributed by atoms with E-state index in [9.17, 15) is 4.79 Å². The Bertz CT molecular complexity index is 309. The Labute approximate surface area is 151 Å². The summed E-state index contributed by atoms with van der Waals surface area (Å²) in [6, 6.07) is 0. The van der Waals surface area contributed by atoms with Gasteiger partial charge in [-0.25, -0.2) is 4.79 Å². The lowest BCUT2D eigenvalue weighted by molar-refractivity contribution is -0.145. The lowest BCUT2D eigenvalue weighted by Crippen LogP contribution is -2.18. The predicted octanol–water partition coefficient (Wildman–Crippen LogP) is 7.37. The first kappa shape index (κ1) is 23.2. The van der Waals surface area contributed by atoms with E-state index in [1.807, 2.05) is 0 Å². The number of ether oxygens (including phenoxy) is 1. The molecule has 0 aromatic carbocycles. The number of hydrogen-bond acceptors (Lipinski definition) is 2. The summed E-state index contributed by atoms with van der Waals surface area (Å²) in [5.74, 6) is -0.215. The van der Waals surface area contributed by atoms with E-state index in [4.69, 9.17) is 4.74 Å². The highest BCUT2D eigenvalue weighted by Crippen LogP contribution is 2.17. The molecule has 0 bridgehead atoms. The van der Waals surface area contributed by atoms with E-state index in [1.54, 1.807) is 6.92 Å². The normalized spacial score (nSPS) is 12.1. The van der Waals surface area contributed by atoms with Gasteiger partial charge in [-0.05, 0) is 32.6 Å². The summed E-state index contributed by atoms with van der Waals surface area (Å²) in [5.41, 5.74) is 0.516. The van der Waals surface area contributed by atoms with Gasteiger partial charge < -0.3 is 4.74 Å². The fourth-order valence-corrected chi connectivity index (χ4v) is 3.00. The van der Waals surface area contributed by atoms with E-state index in [-0.39, 0.29) is 12.1 Å². The first-order valence-electron chi connectivity index (χ1n) is 10.5. The minimum atomic E-state index is -0.215. The van der Waals surface area contributed by atoms with E-state index in [0.29, 0.717) is 5.57 Å². The van der Waals surface area contributed by atoms with Crippen molar-refractivity contribution in [3.05, 3.63) is 12.2 Å². The molecule has 2 nitrogen and oxygen atoms in total. The number of esters is 1. The van der Waals surface area contributed by atoms with Crippen LogP contribution in [0.15, 0.2) is 12.2 Å². The molecule has 1 unspecified atom stereocenters. The lowest BCUT2D eigenvalue weighted by Gasteiger charge is -2.18. The second-order valence-electron chi connectivity index (χ2n) is 7.27. The molecule has 2 heteroatoms. The summed E-state index contributed by atoms with van der Waals surface area (Å²) >= 11 is 0. The molecule has 0 rings (SSSR count). The van der Waals surface area contributed by atoms with Gasteiger partial charge in [0.05, 0.1) is 0 Å². The second-order valence-corrected chi connectivity index (χ2v) is 7.27. The van der Waals surface area contributed by atoms with Gasteiger partial charge in [0.1, 0.15) is 6.10 Å². The molecule has 0 aromatic rings. The highest BCUT2D eigenvalue weighted by Gasteiger charge is 2.14. The van der Waals surface area contributed by atoms with Crippen LogP contribution in [0.1, 0.15) is 117 Å². The third-order valence-electron chi connectivity index (χ3n) is 4.63. The maximum Gasteiger partial charge on any atom is 0.333 e. The summed E-state index contributed by atoms with van der Waals surface area (Å²) in [6.45, 7) is 9.93. The van der Waals surface area contributed by atoms with Crippen molar-refractivity contribution in [1.29, 1.82) is 0 Å². The Balaban J connectivity index is 3.88. The summed E-state index contributed by atoms with van der Waals surface area (Å²) < 4.78 is 5.64. The number of carbonyl (C=O) groups is 1. The summed E-state index contributed by atoms with van der Waals surface area (Å²) in [7, 11) is 0. The number of rotatable bonds is 17. The van der Waals surface area contributed by atoms with Crippen LogP contribution in [0.2, 0.25) is 0 Å². The molecule has 0 amide bonds. The first-order chi connectivity index (χ1) is 11.6. The van der Waals surface area contributed by atoms with E-state index >= 15 is 0 Å².